The molecule has 0 unspecified atom stereocenters. The summed E-state index contributed by atoms with van der Waals surface area (Å²) in [5.41, 5.74) is 5.35. The van der Waals surface area contributed by atoms with E-state index < -0.39 is 5.95 Å². The van der Waals surface area contributed by atoms with Crippen molar-refractivity contribution < 1.29 is 18.7 Å². The van der Waals surface area contributed by atoms with Crippen LogP contribution in [-0.2, 0) is 9.53 Å². The zero-order valence-electron chi connectivity index (χ0n) is 10.8. The normalized spacial score (nSPS) is 22.8. The highest BCUT2D eigenvalue weighted by atomic mass is 19.1. The standard InChI is InChI=1S/C13H17FN2O3/c1-18-13(17)8-2-4-9(5-3-8)19-11-7-6-10(15)12(14)16-11/h6-9H,2-5,15H2,1H3. The number of pyridine rings is 1. The maximum atomic E-state index is 13.2. The number of hydrogen-bond donors (Lipinski definition) is 1. The molecule has 1 aliphatic rings. The Hall–Kier alpha value is -1.85. The topological polar surface area (TPSA) is 74.4 Å². The first-order valence-electron chi connectivity index (χ1n) is 6.26. The number of carbonyl (C=O) groups excluding carboxylic acids is 1. The molecule has 1 fully saturated rings. The maximum absolute atomic E-state index is 13.2. The van der Waals surface area contributed by atoms with Gasteiger partial charge in [-0.05, 0) is 31.7 Å². The molecule has 2 N–H and O–H groups in total. The summed E-state index contributed by atoms with van der Waals surface area (Å²) in [6.07, 6.45) is 2.85. The van der Waals surface area contributed by atoms with Crippen molar-refractivity contribution >= 4 is 11.7 Å². The Morgan fingerprint density at radius 2 is 2.05 bits per heavy atom. The SMILES string of the molecule is COC(=O)C1CCC(Oc2ccc(N)c(F)n2)CC1. The predicted octanol–water partition coefficient (Wildman–Crippen LogP) is 1.91. The van der Waals surface area contributed by atoms with Gasteiger partial charge in [0, 0.05) is 6.07 Å². The van der Waals surface area contributed by atoms with Gasteiger partial charge in [-0.1, -0.05) is 0 Å². The Morgan fingerprint density at radius 1 is 1.37 bits per heavy atom. The molecule has 0 radical (unpaired) electrons. The van der Waals surface area contributed by atoms with Crippen molar-refractivity contribution in [1.82, 2.24) is 4.98 Å². The van der Waals surface area contributed by atoms with E-state index in [1.807, 2.05) is 0 Å². The number of ether oxygens (including phenoxy) is 2. The molecule has 0 atom stereocenters. The minimum Gasteiger partial charge on any atom is -0.474 e. The lowest BCUT2D eigenvalue weighted by Gasteiger charge is -2.27. The number of nitrogens with two attached hydrogens (primary N) is 1. The molecule has 0 amide bonds. The average molecular weight is 268 g/mol. The van der Waals surface area contributed by atoms with Crippen molar-refractivity contribution in [3.05, 3.63) is 18.1 Å². The predicted molar refractivity (Wildman–Crippen MR) is 67.0 cm³/mol. The lowest BCUT2D eigenvalue weighted by Crippen LogP contribution is -2.28. The second-order valence-electron chi connectivity index (χ2n) is 4.64. The average Bonchev–Trinajstić information content (AvgIpc) is 2.43. The van der Waals surface area contributed by atoms with Crippen LogP contribution in [0.5, 0.6) is 5.88 Å². The summed E-state index contributed by atoms with van der Waals surface area (Å²) >= 11 is 0. The van der Waals surface area contributed by atoms with E-state index in [4.69, 9.17) is 15.2 Å². The molecule has 0 bridgehead atoms. The van der Waals surface area contributed by atoms with Gasteiger partial charge in [-0.3, -0.25) is 4.79 Å². The number of nitrogen functional groups attached to an aromatic ring is 1. The van der Waals surface area contributed by atoms with Crippen molar-refractivity contribution in [3.8, 4) is 5.88 Å². The number of nitrogens with zero attached hydrogens (tertiary/aromatic N) is 1. The molecule has 0 spiro atoms. The van der Waals surface area contributed by atoms with E-state index in [0.29, 0.717) is 0 Å². The van der Waals surface area contributed by atoms with E-state index in [0.717, 1.165) is 25.7 Å². The van der Waals surface area contributed by atoms with E-state index >= 15 is 0 Å². The molecule has 1 saturated carbocycles. The van der Waals surface area contributed by atoms with Gasteiger partial charge in [0.05, 0.1) is 18.7 Å². The quantitative estimate of drug-likeness (QED) is 0.669. The van der Waals surface area contributed by atoms with Crippen LogP contribution in [0.4, 0.5) is 10.1 Å². The minimum atomic E-state index is -0.722. The highest BCUT2D eigenvalue weighted by Crippen LogP contribution is 2.28. The largest absolute Gasteiger partial charge is 0.474 e. The molecule has 0 aliphatic heterocycles. The number of carbonyl (C=O) groups is 1. The van der Waals surface area contributed by atoms with E-state index in [1.54, 1.807) is 6.07 Å². The number of esters is 1. The molecular weight excluding hydrogens is 251 g/mol. The van der Waals surface area contributed by atoms with Crippen LogP contribution in [0, 0.1) is 11.9 Å². The second kappa shape index (κ2) is 5.86. The summed E-state index contributed by atoms with van der Waals surface area (Å²) in [5, 5.41) is 0. The molecule has 1 heterocycles. The summed E-state index contributed by atoms with van der Waals surface area (Å²) in [6, 6.07) is 2.97. The van der Waals surface area contributed by atoms with Crippen molar-refractivity contribution in [3.63, 3.8) is 0 Å². The molecular formula is C13H17FN2O3. The van der Waals surface area contributed by atoms with E-state index in [-0.39, 0.29) is 29.6 Å². The van der Waals surface area contributed by atoms with E-state index in [1.165, 1.54) is 13.2 Å². The molecule has 104 valence electrons. The summed E-state index contributed by atoms with van der Waals surface area (Å²) in [7, 11) is 1.39. The van der Waals surface area contributed by atoms with Gasteiger partial charge in [0.2, 0.25) is 11.8 Å². The minimum absolute atomic E-state index is 0.00162. The summed E-state index contributed by atoms with van der Waals surface area (Å²) in [4.78, 5) is 15.0. The number of halogens is 1. The zero-order valence-corrected chi connectivity index (χ0v) is 10.8. The number of rotatable bonds is 3. The molecule has 1 aromatic heterocycles. The number of hydrogen-bond acceptors (Lipinski definition) is 5. The van der Waals surface area contributed by atoms with E-state index in [2.05, 4.69) is 4.98 Å². The van der Waals surface area contributed by atoms with Crippen molar-refractivity contribution in [2.75, 3.05) is 12.8 Å². The van der Waals surface area contributed by atoms with Crippen molar-refractivity contribution in [1.29, 1.82) is 0 Å². The molecule has 19 heavy (non-hydrogen) atoms. The van der Waals surface area contributed by atoms with Crippen molar-refractivity contribution in [2.45, 2.75) is 31.8 Å². The fourth-order valence-electron chi connectivity index (χ4n) is 2.25. The van der Waals surface area contributed by atoms with Crippen LogP contribution in [0.2, 0.25) is 0 Å². The van der Waals surface area contributed by atoms with Gasteiger partial charge in [-0.2, -0.15) is 9.37 Å². The van der Waals surface area contributed by atoms with Crippen LogP contribution in [0.25, 0.3) is 0 Å². The third-order valence-electron chi connectivity index (χ3n) is 3.35. The van der Waals surface area contributed by atoms with Gasteiger partial charge >= 0.3 is 5.97 Å². The Kier molecular flexibility index (Phi) is 4.19. The lowest BCUT2D eigenvalue weighted by molar-refractivity contribution is -0.147. The van der Waals surface area contributed by atoms with Crippen LogP contribution in [-0.4, -0.2) is 24.2 Å². The third-order valence-corrected chi connectivity index (χ3v) is 3.35. The maximum Gasteiger partial charge on any atom is 0.308 e. The zero-order chi connectivity index (χ0) is 13.8. The van der Waals surface area contributed by atoms with Crippen LogP contribution in [0.3, 0.4) is 0 Å². The Balaban J connectivity index is 1.88. The van der Waals surface area contributed by atoms with Gasteiger partial charge < -0.3 is 15.2 Å². The lowest BCUT2D eigenvalue weighted by atomic mass is 9.87. The van der Waals surface area contributed by atoms with Gasteiger partial charge in [0.25, 0.3) is 0 Å². The van der Waals surface area contributed by atoms with Gasteiger partial charge in [-0.15, -0.1) is 0 Å². The summed E-state index contributed by atoms with van der Waals surface area (Å²) in [5.74, 6) is -0.718. The fraction of sp³-hybridized carbons (Fsp3) is 0.538. The van der Waals surface area contributed by atoms with Gasteiger partial charge in [-0.25, -0.2) is 0 Å². The second-order valence-corrected chi connectivity index (χ2v) is 4.64. The molecule has 1 aliphatic carbocycles. The Labute approximate surface area is 110 Å². The molecule has 5 nitrogen and oxygen atoms in total. The molecule has 0 saturated heterocycles. The molecule has 2 rings (SSSR count). The van der Waals surface area contributed by atoms with Gasteiger partial charge in [0.15, 0.2) is 0 Å². The van der Waals surface area contributed by atoms with Gasteiger partial charge in [0.1, 0.15) is 6.10 Å². The molecule has 1 aromatic rings. The van der Waals surface area contributed by atoms with Crippen LogP contribution in [0.1, 0.15) is 25.7 Å². The summed E-state index contributed by atoms with van der Waals surface area (Å²) < 4.78 is 23.5. The summed E-state index contributed by atoms with van der Waals surface area (Å²) in [6.45, 7) is 0. The first-order chi connectivity index (χ1) is 9.10. The highest BCUT2D eigenvalue weighted by molar-refractivity contribution is 5.72. The molecule has 0 aromatic carbocycles. The van der Waals surface area contributed by atoms with Crippen LogP contribution < -0.4 is 10.5 Å². The smallest absolute Gasteiger partial charge is 0.308 e. The van der Waals surface area contributed by atoms with Crippen LogP contribution in [0.15, 0.2) is 12.1 Å². The molecule has 6 heteroatoms. The number of aromatic nitrogens is 1. The van der Waals surface area contributed by atoms with E-state index in [9.17, 15) is 9.18 Å². The Morgan fingerprint density at radius 3 is 2.63 bits per heavy atom. The Bertz CT molecular complexity index is 459. The monoisotopic (exact) mass is 268 g/mol. The first-order valence-corrected chi connectivity index (χ1v) is 6.26. The first kappa shape index (κ1) is 13.6. The van der Waals surface area contributed by atoms with Crippen molar-refractivity contribution in [2.24, 2.45) is 5.92 Å². The number of methoxy groups -OCH3 is 1. The highest BCUT2D eigenvalue weighted by Gasteiger charge is 2.28. The third kappa shape index (κ3) is 3.33. The van der Waals surface area contributed by atoms with Crippen LogP contribution >= 0.6 is 0 Å². The number of anilines is 1. The fourth-order valence-corrected chi connectivity index (χ4v) is 2.25.